The molecule has 0 radical (unpaired) electrons. The molecule has 0 amide bonds. The summed E-state index contributed by atoms with van der Waals surface area (Å²) in [7, 11) is 0. The summed E-state index contributed by atoms with van der Waals surface area (Å²) in [5, 5.41) is 4.79. The molecule has 0 spiro atoms. The van der Waals surface area contributed by atoms with Gasteiger partial charge in [0.15, 0.2) is 5.82 Å². The topological polar surface area (TPSA) is 25.8 Å². The van der Waals surface area contributed by atoms with Gasteiger partial charge in [-0.05, 0) is 62.3 Å². The van der Waals surface area contributed by atoms with Crippen molar-refractivity contribution in [3.63, 3.8) is 0 Å². The number of halogens is 1. The van der Waals surface area contributed by atoms with Crippen LogP contribution in [-0.4, -0.2) is 9.97 Å². The molecule has 0 aliphatic carbocycles. The van der Waals surface area contributed by atoms with E-state index in [1.54, 1.807) is 0 Å². The Morgan fingerprint density at radius 2 is 0.970 bits per heavy atom. The average Bonchev–Trinajstić information content (AvgIpc) is 2.88. The molecule has 0 aliphatic heterocycles. The van der Waals surface area contributed by atoms with Crippen LogP contribution in [0.15, 0.2) is 115 Å². The van der Waals surface area contributed by atoms with Crippen molar-refractivity contribution in [1.29, 1.82) is 0 Å². The van der Waals surface area contributed by atoms with Crippen molar-refractivity contribution < 1.29 is 0 Å². The van der Waals surface area contributed by atoms with Crippen LogP contribution in [0.1, 0.15) is 0 Å². The second kappa shape index (κ2) is 8.41. The van der Waals surface area contributed by atoms with Crippen molar-refractivity contribution >= 4 is 44.1 Å². The van der Waals surface area contributed by atoms with Crippen LogP contribution >= 0.6 is 22.6 Å². The van der Waals surface area contributed by atoms with Gasteiger partial charge in [-0.15, -0.1) is 0 Å². The Balaban J connectivity index is 1.64. The maximum absolute atomic E-state index is 5.05. The van der Waals surface area contributed by atoms with E-state index in [1.807, 2.05) is 0 Å². The molecule has 1 heterocycles. The molecule has 1 aromatic heterocycles. The van der Waals surface area contributed by atoms with Crippen molar-refractivity contribution in [3.05, 3.63) is 119 Å². The molecule has 0 bridgehead atoms. The van der Waals surface area contributed by atoms with Crippen LogP contribution in [0.3, 0.4) is 0 Å². The van der Waals surface area contributed by atoms with E-state index < -0.39 is 0 Å². The molecule has 156 valence electrons. The van der Waals surface area contributed by atoms with Gasteiger partial charge in [0.2, 0.25) is 0 Å². The molecule has 0 atom stereocenters. The summed E-state index contributed by atoms with van der Waals surface area (Å²) in [5.41, 5.74) is 5.10. The Morgan fingerprint density at radius 3 is 1.52 bits per heavy atom. The van der Waals surface area contributed by atoms with E-state index in [4.69, 9.17) is 9.97 Å². The predicted molar refractivity (Wildman–Crippen MR) is 146 cm³/mol. The lowest BCUT2D eigenvalue weighted by Crippen LogP contribution is -1.97. The fourth-order valence-corrected chi connectivity index (χ4v) is 4.71. The number of aromatic nitrogens is 2. The number of hydrogen-bond acceptors (Lipinski definition) is 2. The first kappa shape index (κ1) is 20.1. The summed E-state index contributed by atoms with van der Waals surface area (Å²) >= 11 is 2.33. The lowest BCUT2D eigenvalue weighted by Gasteiger charge is -2.12. The SMILES string of the molecule is Ic1ccc(-c2nc(-c3cccc4ccccc34)cc(-c3cccc4ccccc34)n2)cc1. The van der Waals surface area contributed by atoms with Crippen LogP contribution in [0.2, 0.25) is 0 Å². The summed E-state index contributed by atoms with van der Waals surface area (Å²) in [4.78, 5) is 10.1. The number of benzene rings is 5. The third kappa shape index (κ3) is 3.79. The van der Waals surface area contributed by atoms with Gasteiger partial charge < -0.3 is 0 Å². The highest BCUT2D eigenvalue weighted by Crippen LogP contribution is 2.34. The van der Waals surface area contributed by atoms with Crippen molar-refractivity contribution in [2.75, 3.05) is 0 Å². The molecule has 3 heteroatoms. The fraction of sp³-hybridized carbons (Fsp3) is 0. The zero-order valence-electron chi connectivity index (χ0n) is 17.7. The highest BCUT2D eigenvalue weighted by molar-refractivity contribution is 14.1. The molecular formula is C30H19IN2. The number of nitrogens with zero attached hydrogens (tertiary/aromatic N) is 2. The Kier molecular flexibility index (Phi) is 5.11. The molecule has 0 saturated carbocycles. The predicted octanol–water partition coefficient (Wildman–Crippen LogP) is 8.39. The van der Waals surface area contributed by atoms with Crippen molar-refractivity contribution in [1.82, 2.24) is 9.97 Å². The van der Waals surface area contributed by atoms with E-state index in [9.17, 15) is 0 Å². The average molecular weight is 534 g/mol. The van der Waals surface area contributed by atoms with Gasteiger partial charge in [-0.2, -0.15) is 0 Å². The Hall–Kier alpha value is -3.57. The molecule has 0 N–H and O–H groups in total. The number of fused-ring (bicyclic) bond motifs is 2. The minimum atomic E-state index is 0.736. The van der Waals surface area contributed by atoms with Gasteiger partial charge in [-0.25, -0.2) is 9.97 Å². The first-order valence-corrected chi connectivity index (χ1v) is 12.0. The number of rotatable bonds is 3. The largest absolute Gasteiger partial charge is 0.228 e. The standard InChI is InChI=1S/C30H19IN2/c31-23-17-15-22(16-18-23)30-32-28(26-13-5-9-20-7-1-3-11-24(20)26)19-29(33-30)27-14-6-10-21-8-2-4-12-25(21)27/h1-19H. The summed E-state index contributed by atoms with van der Waals surface area (Å²) < 4.78 is 1.19. The summed E-state index contributed by atoms with van der Waals surface area (Å²) in [6.07, 6.45) is 0. The maximum atomic E-state index is 5.05. The molecule has 6 aromatic rings. The van der Waals surface area contributed by atoms with E-state index in [2.05, 4.69) is 138 Å². The minimum absolute atomic E-state index is 0.736. The van der Waals surface area contributed by atoms with Gasteiger partial charge >= 0.3 is 0 Å². The summed E-state index contributed by atoms with van der Waals surface area (Å²) in [6.45, 7) is 0. The molecular weight excluding hydrogens is 515 g/mol. The third-order valence-corrected chi connectivity index (χ3v) is 6.68. The zero-order chi connectivity index (χ0) is 22.2. The highest BCUT2D eigenvalue weighted by atomic mass is 127. The van der Waals surface area contributed by atoms with Crippen molar-refractivity contribution in [2.45, 2.75) is 0 Å². The Morgan fingerprint density at radius 1 is 0.485 bits per heavy atom. The van der Waals surface area contributed by atoms with Crippen LogP contribution in [-0.2, 0) is 0 Å². The van der Waals surface area contributed by atoms with Crippen LogP contribution < -0.4 is 0 Å². The first-order chi connectivity index (χ1) is 16.3. The maximum Gasteiger partial charge on any atom is 0.160 e. The normalized spacial score (nSPS) is 11.2. The van der Waals surface area contributed by atoms with Gasteiger partial charge in [0.1, 0.15) is 0 Å². The van der Waals surface area contributed by atoms with Crippen molar-refractivity contribution in [2.24, 2.45) is 0 Å². The molecule has 0 saturated heterocycles. The van der Waals surface area contributed by atoms with Crippen LogP contribution in [0, 0.1) is 3.57 Å². The Labute approximate surface area is 206 Å². The van der Waals surface area contributed by atoms with Gasteiger partial charge in [0.05, 0.1) is 11.4 Å². The van der Waals surface area contributed by atoms with Gasteiger partial charge in [0, 0.05) is 20.3 Å². The van der Waals surface area contributed by atoms with Gasteiger partial charge in [0.25, 0.3) is 0 Å². The minimum Gasteiger partial charge on any atom is -0.228 e. The summed E-state index contributed by atoms with van der Waals surface area (Å²) in [6, 6.07) is 40.2. The fourth-order valence-electron chi connectivity index (χ4n) is 4.35. The molecule has 0 aliphatic rings. The van der Waals surface area contributed by atoms with Crippen LogP contribution in [0.5, 0.6) is 0 Å². The second-order valence-electron chi connectivity index (χ2n) is 8.02. The smallest absolute Gasteiger partial charge is 0.160 e. The van der Waals surface area contributed by atoms with E-state index in [0.29, 0.717) is 0 Å². The lowest BCUT2D eigenvalue weighted by atomic mass is 9.98. The Bertz CT molecular complexity index is 1510. The zero-order valence-corrected chi connectivity index (χ0v) is 19.9. The second-order valence-corrected chi connectivity index (χ2v) is 9.27. The van der Waals surface area contributed by atoms with Crippen LogP contribution in [0.4, 0.5) is 0 Å². The van der Waals surface area contributed by atoms with Crippen LogP contribution in [0.25, 0.3) is 55.4 Å². The number of hydrogen-bond donors (Lipinski definition) is 0. The third-order valence-electron chi connectivity index (χ3n) is 5.96. The highest BCUT2D eigenvalue weighted by Gasteiger charge is 2.14. The van der Waals surface area contributed by atoms with Crippen molar-refractivity contribution in [3.8, 4) is 33.9 Å². The van der Waals surface area contributed by atoms with Gasteiger partial charge in [-0.3, -0.25) is 0 Å². The molecule has 6 rings (SSSR count). The van der Waals surface area contributed by atoms with E-state index in [0.717, 1.165) is 33.9 Å². The summed E-state index contributed by atoms with van der Waals surface area (Å²) in [5.74, 6) is 0.736. The van der Waals surface area contributed by atoms with E-state index in [1.165, 1.54) is 25.1 Å². The molecule has 5 aromatic carbocycles. The van der Waals surface area contributed by atoms with Gasteiger partial charge in [-0.1, -0.05) is 97.1 Å². The first-order valence-electron chi connectivity index (χ1n) is 10.9. The molecule has 0 fully saturated rings. The molecule has 2 nitrogen and oxygen atoms in total. The monoisotopic (exact) mass is 534 g/mol. The van der Waals surface area contributed by atoms with E-state index >= 15 is 0 Å². The van der Waals surface area contributed by atoms with E-state index in [-0.39, 0.29) is 0 Å². The molecule has 33 heavy (non-hydrogen) atoms. The lowest BCUT2D eigenvalue weighted by molar-refractivity contribution is 1.19. The molecule has 0 unspecified atom stereocenters. The quantitative estimate of drug-likeness (QED) is 0.213.